The predicted octanol–water partition coefficient (Wildman–Crippen LogP) is 3.70. The van der Waals surface area contributed by atoms with Crippen LogP contribution in [0.1, 0.15) is 44.2 Å². The molecule has 0 heterocycles. The van der Waals surface area contributed by atoms with E-state index in [-0.39, 0.29) is 0 Å². The van der Waals surface area contributed by atoms with Gasteiger partial charge in [-0.25, -0.2) is 0 Å². The molecule has 1 aliphatic carbocycles. The first-order chi connectivity index (χ1) is 8.15. The Morgan fingerprint density at radius 3 is 2.53 bits per heavy atom. The molecule has 1 N–H and O–H groups in total. The Bertz CT molecular complexity index is 354. The van der Waals surface area contributed by atoms with E-state index in [9.17, 15) is 0 Å². The lowest BCUT2D eigenvalue weighted by Crippen LogP contribution is -2.36. The lowest BCUT2D eigenvalue weighted by atomic mass is 10.0. The summed E-state index contributed by atoms with van der Waals surface area (Å²) in [5, 5.41) is 3.73. The van der Waals surface area contributed by atoms with E-state index < -0.39 is 0 Å². The zero-order valence-electron chi connectivity index (χ0n) is 11.4. The fourth-order valence-electron chi connectivity index (χ4n) is 2.64. The minimum absolute atomic E-state index is 0.574. The van der Waals surface area contributed by atoms with Crippen molar-refractivity contribution in [3.63, 3.8) is 0 Å². The van der Waals surface area contributed by atoms with Crippen LogP contribution in [0.5, 0.6) is 0 Å². The van der Waals surface area contributed by atoms with Gasteiger partial charge in [0.15, 0.2) is 0 Å². The van der Waals surface area contributed by atoms with Crippen molar-refractivity contribution in [2.24, 2.45) is 5.92 Å². The number of benzene rings is 1. The molecule has 1 saturated carbocycles. The van der Waals surface area contributed by atoms with Crippen LogP contribution in [-0.4, -0.2) is 12.1 Å². The van der Waals surface area contributed by atoms with Crippen LogP contribution in [0.15, 0.2) is 24.3 Å². The lowest BCUT2D eigenvalue weighted by Gasteiger charge is -2.20. The second kappa shape index (κ2) is 5.68. The van der Waals surface area contributed by atoms with Gasteiger partial charge in [-0.15, -0.1) is 0 Å². The van der Waals surface area contributed by atoms with Crippen molar-refractivity contribution >= 4 is 0 Å². The second-order valence-corrected chi connectivity index (χ2v) is 5.78. The van der Waals surface area contributed by atoms with Crippen LogP contribution in [0, 0.1) is 12.8 Å². The second-order valence-electron chi connectivity index (χ2n) is 5.78. The first kappa shape index (κ1) is 12.6. The lowest BCUT2D eigenvalue weighted by molar-refractivity contribution is 0.428. The molecular formula is C16H25N. The van der Waals surface area contributed by atoms with Crippen LogP contribution in [0.4, 0.5) is 0 Å². The van der Waals surface area contributed by atoms with Gasteiger partial charge in [-0.05, 0) is 50.7 Å². The summed E-state index contributed by atoms with van der Waals surface area (Å²) in [6.07, 6.45) is 5.41. The van der Waals surface area contributed by atoms with Crippen molar-refractivity contribution < 1.29 is 0 Å². The largest absolute Gasteiger partial charge is 0.311 e. The Labute approximate surface area is 106 Å². The molecular weight excluding hydrogens is 206 g/mol. The zero-order valence-corrected chi connectivity index (χ0v) is 11.4. The molecule has 1 fully saturated rings. The van der Waals surface area contributed by atoms with Gasteiger partial charge in [-0.1, -0.05) is 37.1 Å². The topological polar surface area (TPSA) is 12.0 Å². The summed E-state index contributed by atoms with van der Waals surface area (Å²) in [5.74, 6) is 1.02. The molecule has 0 aromatic heterocycles. The van der Waals surface area contributed by atoms with Gasteiger partial charge in [-0.2, -0.15) is 0 Å². The van der Waals surface area contributed by atoms with Gasteiger partial charge in [0.05, 0.1) is 0 Å². The summed E-state index contributed by atoms with van der Waals surface area (Å²) in [6.45, 7) is 6.83. The number of nitrogens with one attached hydrogen (secondary N) is 1. The average Bonchev–Trinajstić information content (AvgIpc) is 3.05. The molecule has 1 aliphatic rings. The Kier molecular flexibility index (Phi) is 4.22. The molecule has 0 bridgehead atoms. The van der Waals surface area contributed by atoms with Crippen LogP contribution >= 0.6 is 0 Å². The minimum atomic E-state index is 0.574. The molecule has 2 atom stereocenters. The van der Waals surface area contributed by atoms with Crippen molar-refractivity contribution in [2.45, 2.75) is 58.5 Å². The first-order valence-electron chi connectivity index (χ1n) is 6.95. The molecule has 0 radical (unpaired) electrons. The molecule has 1 heteroatoms. The smallest absolute Gasteiger partial charge is 0.00817 e. The molecule has 94 valence electrons. The normalized spacial score (nSPS) is 19.0. The van der Waals surface area contributed by atoms with Gasteiger partial charge in [0.25, 0.3) is 0 Å². The molecule has 1 nitrogen and oxygen atoms in total. The van der Waals surface area contributed by atoms with E-state index in [1.54, 1.807) is 0 Å². The third kappa shape index (κ3) is 4.16. The van der Waals surface area contributed by atoms with Gasteiger partial charge < -0.3 is 5.32 Å². The quantitative estimate of drug-likeness (QED) is 0.787. The summed E-state index contributed by atoms with van der Waals surface area (Å²) in [4.78, 5) is 0. The molecule has 0 saturated heterocycles. The standard InChI is InChI=1S/C16H25N/c1-12-6-4-5-7-16(12)11-14(3)17-13(2)10-15-8-9-15/h4-7,13-15,17H,8-11H2,1-3H3. The third-order valence-corrected chi connectivity index (χ3v) is 3.74. The number of hydrogen-bond donors (Lipinski definition) is 1. The fraction of sp³-hybridized carbons (Fsp3) is 0.625. The summed E-state index contributed by atoms with van der Waals surface area (Å²) >= 11 is 0. The van der Waals surface area contributed by atoms with Crippen LogP contribution in [0.2, 0.25) is 0 Å². The van der Waals surface area contributed by atoms with E-state index in [1.165, 1.54) is 30.4 Å². The number of hydrogen-bond acceptors (Lipinski definition) is 1. The van der Waals surface area contributed by atoms with Gasteiger partial charge in [0, 0.05) is 12.1 Å². The van der Waals surface area contributed by atoms with Gasteiger partial charge >= 0.3 is 0 Å². The predicted molar refractivity (Wildman–Crippen MR) is 74.3 cm³/mol. The van der Waals surface area contributed by atoms with E-state index in [4.69, 9.17) is 0 Å². The van der Waals surface area contributed by atoms with Crippen LogP contribution < -0.4 is 5.32 Å². The Balaban J connectivity index is 1.79. The molecule has 0 spiro atoms. The van der Waals surface area contributed by atoms with Crippen molar-refractivity contribution in [1.29, 1.82) is 0 Å². The third-order valence-electron chi connectivity index (χ3n) is 3.74. The highest BCUT2D eigenvalue weighted by Gasteiger charge is 2.23. The number of rotatable bonds is 6. The molecule has 2 rings (SSSR count). The van der Waals surface area contributed by atoms with Crippen LogP contribution in [0.3, 0.4) is 0 Å². The molecule has 1 aromatic rings. The zero-order chi connectivity index (χ0) is 12.3. The summed E-state index contributed by atoms with van der Waals surface area (Å²) in [7, 11) is 0. The van der Waals surface area contributed by atoms with Crippen LogP contribution in [0.25, 0.3) is 0 Å². The fourth-order valence-corrected chi connectivity index (χ4v) is 2.64. The van der Waals surface area contributed by atoms with Crippen molar-refractivity contribution in [3.05, 3.63) is 35.4 Å². The Morgan fingerprint density at radius 2 is 1.88 bits per heavy atom. The monoisotopic (exact) mass is 231 g/mol. The molecule has 0 amide bonds. The first-order valence-corrected chi connectivity index (χ1v) is 6.95. The van der Waals surface area contributed by atoms with Crippen molar-refractivity contribution in [2.75, 3.05) is 0 Å². The molecule has 0 aliphatic heterocycles. The summed E-state index contributed by atoms with van der Waals surface area (Å²) < 4.78 is 0. The van der Waals surface area contributed by atoms with E-state index in [2.05, 4.69) is 50.4 Å². The maximum absolute atomic E-state index is 3.73. The molecule has 2 unspecified atom stereocenters. The van der Waals surface area contributed by atoms with E-state index in [1.807, 2.05) is 0 Å². The van der Waals surface area contributed by atoms with Gasteiger partial charge in [0.2, 0.25) is 0 Å². The molecule has 17 heavy (non-hydrogen) atoms. The Hall–Kier alpha value is -0.820. The van der Waals surface area contributed by atoms with Crippen LogP contribution in [-0.2, 0) is 6.42 Å². The van der Waals surface area contributed by atoms with Gasteiger partial charge in [-0.3, -0.25) is 0 Å². The number of aryl methyl sites for hydroxylation is 1. The maximum Gasteiger partial charge on any atom is 0.00817 e. The highest BCUT2D eigenvalue weighted by atomic mass is 14.9. The average molecular weight is 231 g/mol. The van der Waals surface area contributed by atoms with Crippen molar-refractivity contribution in [1.82, 2.24) is 5.32 Å². The summed E-state index contributed by atoms with van der Waals surface area (Å²) in [6, 6.07) is 9.95. The minimum Gasteiger partial charge on any atom is -0.311 e. The Morgan fingerprint density at radius 1 is 1.18 bits per heavy atom. The molecule has 1 aromatic carbocycles. The highest BCUT2D eigenvalue weighted by Crippen LogP contribution is 2.33. The maximum atomic E-state index is 3.73. The summed E-state index contributed by atoms with van der Waals surface area (Å²) in [5.41, 5.74) is 2.89. The van der Waals surface area contributed by atoms with E-state index in [0.29, 0.717) is 12.1 Å². The van der Waals surface area contributed by atoms with Crippen molar-refractivity contribution in [3.8, 4) is 0 Å². The highest BCUT2D eigenvalue weighted by molar-refractivity contribution is 5.26. The SMILES string of the molecule is Cc1ccccc1CC(C)NC(C)CC1CC1. The van der Waals surface area contributed by atoms with E-state index in [0.717, 1.165) is 12.3 Å². The van der Waals surface area contributed by atoms with E-state index >= 15 is 0 Å². The van der Waals surface area contributed by atoms with Gasteiger partial charge in [0.1, 0.15) is 0 Å².